The zero-order valence-corrected chi connectivity index (χ0v) is 22.6. The van der Waals surface area contributed by atoms with Crippen molar-refractivity contribution >= 4 is 11.0 Å². The van der Waals surface area contributed by atoms with Gasteiger partial charge in [-0.15, -0.1) is 0 Å². The number of methoxy groups -OCH3 is 2. The third-order valence-electron chi connectivity index (χ3n) is 6.72. The lowest BCUT2D eigenvalue weighted by molar-refractivity contribution is -0.229. The lowest BCUT2D eigenvalue weighted by atomic mass is 9.91. The van der Waals surface area contributed by atoms with E-state index in [1.54, 1.807) is 45.4 Å². The number of ether oxygens (including phenoxy) is 4. The van der Waals surface area contributed by atoms with Gasteiger partial charge in [-0.1, -0.05) is 13.8 Å². The van der Waals surface area contributed by atoms with Crippen LogP contribution >= 0.6 is 0 Å². The average Bonchev–Trinajstić information content (AvgIpc) is 2.96. The van der Waals surface area contributed by atoms with Gasteiger partial charge in [0.1, 0.15) is 40.8 Å². The van der Waals surface area contributed by atoms with Crippen LogP contribution < -0.4 is 19.6 Å². The second-order valence-corrected chi connectivity index (χ2v) is 8.96. The highest BCUT2D eigenvalue weighted by molar-refractivity contribution is 6.03. The summed E-state index contributed by atoms with van der Waals surface area (Å²) in [5, 5.41) is 30.3. The molecule has 3 aliphatic rings. The number of fused-ring (bicyclic) bond motifs is 2. The van der Waals surface area contributed by atoms with Crippen molar-refractivity contribution in [2.75, 3.05) is 20.8 Å². The van der Waals surface area contributed by atoms with Crippen LogP contribution in [-0.2, 0) is 4.74 Å². The van der Waals surface area contributed by atoms with Crippen LogP contribution in [-0.4, -0.2) is 60.7 Å². The lowest BCUT2D eigenvalue weighted by Crippen LogP contribution is -2.51. The molecule has 1 saturated heterocycles. The molecule has 0 spiro atoms. The van der Waals surface area contributed by atoms with Crippen LogP contribution in [0.5, 0.6) is 17.2 Å². The molecule has 4 atom stereocenters. The standard InChI is InChI=1S/C28H28O9.C2H6/c1-14-20(30)9-8-19-26(17-6-4-15(33-2)10-22(17)34-3)18-7-5-16(11-23(18)37-28(14)19)35-25-12-21(31)27(32)24(13-29)36-25;1-2/h4-11,21,24-25,27,29,31-32H,12-13H2,1-3H3;1-2H3. The molecule has 2 aliphatic heterocycles. The van der Waals surface area contributed by atoms with Crippen molar-refractivity contribution in [1.29, 1.82) is 0 Å². The highest BCUT2D eigenvalue weighted by atomic mass is 16.7. The van der Waals surface area contributed by atoms with Crippen LogP contribution in [0, 0.1) is 6.92 Å². The van der Waals surface area contributed by atoms with E-state index in [2.05, 4.69) is 0 Å². The summed E-state index contributed by atoms with van der Waals surface area (Å²) in [4.78, 5) is 12.5. The predicted octanol–water partition coefficient (Wildman–Crippen LogP) is 4.12. The Morgan fingerprint density at radius 2 is 1.67 bits per heavy atom. The van der Waals surface area contributed by atoms with Gasteiger partial charge in [0.15, 0.2) is 5.43 Å². The largest absolute Gasteiger partial charge is 0.497 e. The molecule has 2 aromatic rings. The van der Waals surface area contributed by atoms with Crippen molar-refractivity contribution in [3.8, 4) is 39.7 Å². The number of hydrogen-bond acceptors (Lipinski definition) is 9. The molecule has 0 bridgehead atoms. The summed E-state index contributed by atoms with van der Waals surface area (Å²) in [5.74, 6) is 2.07. The van der Waals surface area contributed by atoms with E-state index < -0.39 is 31.2 Å². The number of hydrogen-bond donors (Lipinski definition) is 3. The molecule has 3 N–H and O–H groups in total. The van der Waals surface area contributed by atoms with E-state index in [9.17, 15) is 20.1 Å². The summed E-state index contributed by atoms with van der Waals surface area (Å²) >= 11 is 0. The fraction of sp³-hybridized carbons (Fsp3) is 0.367. The van der Waals surface area contributed by atoms with Gasteiger partial charge in [-0.05, 0) is 43.3 Å². The molecule has 2 aromatic carbocycles. The summed E-state index contributed by atoms with van der Waals surface area (Å²) in [6.07, 6.45) is -4.12. The summed E-state index contributed by atoms with van der Waals surface area (Å²) in [6.45, 7) is 5.26. The molecule has 0 saturated carbocycles. The van der Waals surface area contributed by atoms with Crippen molar-refractivity contribution in [2.24, 2.45) is 0 Å². The Hall–Kier alpha value is -3.63. The van der Waals surface area contributed by atoms with Crippen LogP contribution in [0.25, 0.3) is 33.4 Å². The maximum absolute atomic E-state index is 12.5. The van der Waals surface area contributed by atoms with E-state index in [1.807, 2.05) is 32.0 Å². The second-order valence-electron chi connectivity index (χ2n) is 8.96. The molecule has 2 heterocycles. The van der Waals surface area contributed by atoms with Crippen molar-refractivity contribution < 1.29 is 38.7 Å². The van der Waals surface area contributed by atoms with Crippen LogP contribution in [0.1, 0.15) is 25.8 Å². The maximum Gasteiger partial charge on any atom is 0.202 e. The van der Waals surface area contributed by atoms with Gasteiger partial charge in [-0.2, -0.15) is 0 Å². The number of rotatable bonds is 6. The minimum absolute atomic E-state index is 0.0253. The van der Waals surface area contributed by atoms with Crippen molar-refractivity contribution in [1.82, 2.24) is 0 Å². The first kappa shape index (κ1) is 28.4. The normalized spacial score (nSPS) is 20.8. The van der Waals surface area contributed by atoms with E-state index in [-0.39, 0.29) is 11.8 Å². The number of benzene rings is 3. The lowest BCUT2D eigenvalue weighted by Gasteiger charge is -2.36. The van der Waals surface area contributed by atoms with Crippen LogP contribution in [0.15, 0.2) is 57.7 Å². The van der Waals surface area contributed by atoms with E-state index >= 15 is 0 Å². The van der Waals surface area contributed by atoms with Crippen molar-refractivity contribution in [3.05, 3.63) is 64.3 Å². The predicted molar refractivity (Wildman–Crippen MR) is 147 cm³/mol. The smallest absolute Gasteiger partial charge is 0.202 e. The van der Waals surface area contributed by atoms with Gasteiger partial charge in [0.2, 0.25) is 6.29 Å². The quantitative estimate of drug-likeness (QED) is 0.311. The SMILES string of the molecule is CC.COc1ccc(-c2c3ccc(=O)c(C)c-3oc3cc(OC4CC(O)C(O)C(CO)O4)ccc23)c(OC)c1. The first-order valence-corrected chi connectivity index (χ1v) is 12.9. The van der Waals surface area contributed by atoms with Crippen molar-refractivity contribution in [3.63, 3.8) is 0 Å². The van der Waals surface area contributed by atoms with Gasteiger partial charge in [0, 0.05) is 46.2 Å². The molecule has 0 radical (unpaired) electrons. The van der Waals surface area contributed by atoms with Crippen LogP contribution in [0.2, 0.25) is 0 Å². The van der Waals surface area contributed by atoms with E-state index in [0.29, 0.717) is 34.2 Å². The monoisotopic (exact) mass is 538 g/mol. The number of aliphatic hydroxyl groups is 3. The summed E-state index contributed by atoms with van der Waals surface area (Å²) in [7, 11) is 3.16. The van der Waals surface area contributed by atoms with Gasteiger partial charge >= 0.3 is 0 Å². The Morgan fingerprint density at radius 3 is 2.36 bits per heavy atom. The highest BCUT2D eigenvalue weighted by Gasteiger charge is 2.37. The fourth-order valence-corrected chi connectivity index (χ4v) is 4.71. The molecule has 1 fully saturated rings. The second kappa shape index (κ2) is 12.0. The van der Waals surface area contributed by atoms with Gasteiger partial charge in [0.05, 0.1) is 26.9 Å². The Labute approximate surface area is 226 Å². The topological polar surface area (TPSA) is 128 Å². The molecule has 4 unspecified atom stereocenters. The highest BCUT2D eigenvalue weighted by Crippen LogP contribution is 2.45. The van der Waals surface area contributed by atoms with E-state index in [4.69, 9.17) is 23.4 Å². The van der Waals surface area contributed by atoms with Gasteiger partial charge < -0.3 is 38.7 Å². The zero-order chi connectivity index (χ0) is 28.3. The number of aliphatic hydroxyl groups excluding tert-OH is 3. The zero-order valence-electron chi connectivity index (χ0n) is 22.6. The Morgan fingerprint density at radius 1 is 0.949 bits per heavy atom. The summed E-state index contributed by atoms with van der Waals surface area (Å²) in [6, 6.07) is 14.1. The molecule has 39 heavy (non-hydrogen) atoms. The van der Waals surface area contributed by atoms with Crippen LogP contribution in [0.4, 0.5) is 0 Å². The first-order valence-electron chi connectivity index (χ1n) is 12.9. The molecule has 0 aromatic heterocycles. The molecule has 208 valence electrons. The van der Waals surface area contributed by atoms with E-state index in [1.165, 1.54) is 6.07 Å². The molecule has 9 heteroatoms. The molecular weight excluding hydrogens is 504 g/mol. The van der Waals surface area contributed by atoms with Gasteiger partial charge in [-0.3, -0.25) is 4.79 Å². The van der Waals surface area contributed by atoms with E-state index in [0.717, 1.165) is 22.1 Å². The fourth-order valence-electron chi connectivity index (χ4n) is 4.71. The average molecular weight is 539 g/mol. The van der Waals surface area contributed by atoms with Gasteiger partial charge in [0.25, 0.3) is 0 Å². The Balaban J connectivity index is 0.00000172. The summed E-state index contributed by atoms with van der Waals surface area (Å²) < 4.78 is 28.8. The Kier molecular flexibility index (Phi) is 8.76. The minimum atomic E-state index is -1.20. The molecule has 5 rings (SSSR count). The third kappa shape index (κ3) is 5.44. The van der Waals surface area contributed by atoms with Crippen LogP contribution in [0.3, 0.4) is 0 Å². The molecular formula is C30H34O9. The van der Waals surface area contributed by atoms with Gasteiger partial charge in [-0.25, -0.2) is 0 Å². The summed E-state index contributed by atoms with van der Waals surface area (Å²) in [5.41, 5.74) is 3.14. The molecule has 9 nitrogen and oxygen atoms in total. The maximum atomic E-state index is 12.5. The van der Waals surface area contributed by atoms with Crippen molar-refractivity contribution in [2.45, 2.75) is 51.8 Å². The minimum Gasteiger partial charge on any atom is -0.497 e. The first-order chi connectivity index (χ1) is 18.8. The third-order valence-corrected chi connectivity index (χ3v) is 6.72. The Bertz CT molecular complexity index is 1460. The molecule has 1 aliphatic carbocycles. The molecule has 0 amide bonds.